The number of nitrogens with zero attached hydrogens (tertiary/aromatic N) is 2. The molecule has 0 unspecified atom stereocenters. The molecule has 2 aromatic carbocycles. The fourth-order valence-electron chi connectivity index (χ4n) is 3.74. The first-order valence-corrected chi connectivity index (χ1v) is 12.2. The zero-order chi connectivity index (χ0) is 24.9. The predicted molar refractivity (Wildman–Crippen MR) is 140 cm³/mol. The molecule has 0 fully saturated rings. The van der Waals surface area contributed by atoms with Crippen molar-refractivity contribution in [2.45, 2.75) is 44.9 Å². The lowest BCUT2D eigenvalue weighted by atomic mass is 10.1. The zero-order valence-electron chi connectivity index (χ0n) is 19.6. The molecule has 2 aromatic rings. The topological polar surface area (TPSA) is 94.0 Å². The van der Waals surface area contributed by atoms with Crippen LogP contribution in [0.4, 0.5) is 11.4 Å². The van der Waals surface area contributed by atoms with Gasteiger partial charge in [0.25, 0.3) is 5.91 Å². The van der Waals surface area contributed by atoms with E-state index in [0.29, 0.717) is 36.4 Å². The highest BCUT2D eigenvalue weighted by Crippen LogP contribution is 2.33. The second kappa shape index (κ2) is 14.1. The molecule has 0 saturated heterocycles. The smallest absolute Gasteiger partial charge is 0.252 e. The maximum Gasteiger partial charge on any atom is 0.252 e. The normalized spacial score (nSPS) is 13.2. The van der Waals surface area contributed by atoms with Crippen molar-refractivity contribution in [3.05, 3.63) is 83.5 Å². The maximum atomic E-state index is 12.7. The predicted octanol–water partition coefficient (Wildman–Crippen LogP) is 5.68. The molecule has 7 nitrogen and oxygen atoms in total. The summed E-state index contributed by atoms with van der Waals surface area (Å²) in [6.45, 7) is 0.544. The van der Waals surface area contributed by atoms with Crippen molar-refractivity contribution in [1.29, 1.82) is 0 Å². The van der Waals surface area contributed by atoms with Crippen LogP contribution in [0.5, 0.6) is 0 Å². The largest absolute Gasteiger partial charge is 0.352 e. The number of amides is 2. The van der Waals surface area contributed by atoms with E-state index in [4.69, 9.17) is 21.8 Å². The molecular weight excluding hydrogens is 464 g/mol. The highest BCUT2D eigenvalue weighted by atomic mass is 35.5. The summed E-state index contributed by atoms with van der Waals surface area (Å²) in [5.41, 5.74) is 3.90. The molecule has 0 radical (unpaired) electrons. The third-order valence-electron chi connectivity index (χ3n) is 5.55. The minimum absolute atomic E-state index is 0.171. The molecule has 8 heteroatoms. The Bertz CT molecular complexity index is 1080. The van der Waals surface area contributed by atoms with Crippen LogP contribution in [-0.2, 0) is 9.59 Å². The van der Waals surface area contributed by atoms with E-state index in [-0.39, 0.29) is 11.8 Å². The summed E-state index contributed by atoms with van der Waals surface area (Å²) in [5, 5.41) is 12.1. The van der Waals surface area contributed by atoms with E-state index in [9.17, 15) is 9.59 Å². The SMILES string of the molecule is O=C(CCCCCCNC(=O)C1=CN=C(N(c2ccccc2)c2ccccc2Cl)CCC=C1)NO. The standard InChI is InChI=1S/C27H31ClN4O3/c28-23-15-8-9-16-24(23)32(22-13-4-3-5-14-22)25-17-10-7-12-21(20-30-25)27(34)29-19-11-2-1-6-18-26(33)31-35/h3-5,7-9,12-16,20,35H,1-2,6,10-11,17-19H2,(H,29,34)(H,31,33). The van der Waals surface area contributed by atoms with Crippen molar-refractivity contribution in [3.63, 3.8) is 0 Å². The van der Waals surface area contributed by atoms with E-state index >= 15 is 0 Å². The number of hydrogen-bond donors (Lipinski definition) is 3. The van der Waals surface area contributed by atoms with Crippen molar-refractivity contribution >= 4 is 40.6 Å². The summed E-state index contributed by atoms with van der Waals surface area (Å²) >= 11 is 6.54. The van der Waals surface area contributed by atoms with E-state index in [0.717, 1.165) is 42.9 Å². The number of hydroxylamine groups is 1. The lowest BCUT2D eigenvalue weighted by Crippen LogP contribution is -2.27. The summed E-state index contributed by atoms with van der Waals surface area (Å²) in [5.74, 6) is 0.252. The van der Waals surface area contributed by atoms with Crippen molar-refractivity contribution in [2.24, 2.45) is 4.99 Å². The third kappa shape index (κ3) is 8.09. The van der Waals surface area contributed by atoms with Gasteiger partial charge in [0, 0.05) is 31.3 Å². The Labute approximate surface area is 211 Å². The summed E-state index contributed by atoms with van der Waals surface area (Å²) in [6, 6.07) is 17.6. The highest BCUT2D eigenvalue weighted by molar-refractivity contribution is 6.34. The molecule has 3 N–H and O–H groups in total. The maximum absolute atomic E-state index is 12.7. The van der Waals surface area contributed by atoms with Gasteiger partial charge in [0.15, 0.2) is 0 Å². The van der Waals surface area contributed by atoms with E-state index in [2.05, 4.69) is 5.32 Å². The second-order valence-corrected chi connectivity index (χ2v) is 8.56. The summed E-state index contributed by atoms with van der Waals surface area (Å²) in [6.07, 6.45) is 10.4. The number of aliphatic imine (C=N–C) groups is 1. The molecule has 1 aliphatic rings. The summed E-state index contributed by atoms with van der Waals surface area (Å²) in [4.78, 5) is 30.5. The number of anilines is 2. The number of nitrogens with one attached hydrogen (secondary N) is 2. The fraction of sp³-hybridized carbons (Fsp3) is 0.296. The molecule has 0 aromatic heterocycles. The highest BCUT2D eigenvalue weighted by Gasteiger charge is 2.19. The van der Waals surface area contributed by atoms with Gasteiger partial charge < -0.3 is 5.32 Å². The van der Waals surface area contributed by atoms with Crippen LogP contribution in [0.1, 0.15) is 44.9 Å². The van der Waals surface area contributed by atoms with Gasteiger partial charge in [-0.1, -0.05) is 66.9 Å². The monoisotopic (exact) mass is 494 g/mol. The molecular formula is C27H31ClN4O3. The number of hydrogen-bond acceptors (Lipinski definition) is 5. The number of para-hydroxylation sites is 2. The van der Waals surface area contributed by atoms with E-state index < -0.39 is 0 Å². The van der Waals surface area contributed by atoms with Gasteiger partial charge in [0.2, 0.25) is 5.91 Å². The molecule has 0 atom stereocenters. The number of carbonyl (C=O) groups excluding carboxylic acids is 2. The molecule has 0 saturated carbocycles. The lowest BCUT2D eigenvalue weighted by molar-refractivity contribution is -0.129. The fourth-order valence-corrected chi connectivity index (χ4v) is 3.96. The molecule has 1 heterocycles. The van der Waals surface area contributed by atoms with Crippen LogP contribution < -0.4 is 15.7 Å². The van der Waals surface area contributed by atoms with Crippen molar-refractivity contribution in [3.8, 4) is 0 Å². The molecule has 35 heavy (non-hydrogen) atoms. The van der Waals surface area contributed by atoms with Crippen LogP contribution in [-0.4, -0.2) is 29.4 Å². The third-order valence-corrected chi connectivity index (χ3v) is 5.87. The van der Waals surface area contributed by atoms with Gasteiger partial charge in [0.1, 0.15) is 5.84 Å². The molecule has 1 aliphatic heterocycles. The van der Waals surface area contributed by atoms with E-state index in [1.54, 1.807) is 11.7 Å². The Morgan fingerprint density at radius 3 is 2.51 bits per heavy atom. The first kappa shape index (κ1) is 26.2. The number of halogens is 1. The van der Waals surface area contributed by atoms with Gasteiger partial charge >= 0.3 is 0 Å². The minimum atomic E-state index is -0.374. The Morgan fingerprint density at radius 2 is 1.74 bits per heavy atom. The Kier molecular flexibility index (Phi) is 10.5. The van der Waals surface area contributed by atoms with Gasteiger partial charge in [0.05, 0.1) is 16.3 Å². The number of carbonyl (C=O) groups is 2. The van der Waals surface area contributed by atoms with Gasteiger partial charge in [-0.15, -0.1) is 0 Å². The van der Waals surface area contributed by atoms with E-state index in [1.807, 2.05) is 71.6 Å². The van der Waals surface area contributed by atoms with Crippen LogP contribution in [0.3, 0.4) is 0 Å². The minimum Gasteiger partial charge on any atom is -0.352 e. The first-order chi connectivity index (χ1) is 17.1. The lowest BCUT2D eigenvalue weighted by Gasteiger charge is -2.27. The summed E-state index contributed by atoms with van der Waals surface area (Å²) in [7, 11) is 0. The van der Waals surface area contributed by atoms with Gasteiger partial charge in [-0.25, -0.2) is 10.5 Å². The number of rotatable bonds is 10. The van der Waals surface area contributed by atoms with Crippen molar-refractivity contribution in [1.82, 2.24) is 10.8 Å². The molecule has 184 valence electrons. The molecule has 0 spiro atoms. The first-order valence-electron chi connectivity index (χ1n) is 11.8. The average molecular weight is 495 g/mol. The Morgan fingerprint density at radius 1 is 1.00 bits per heavy atom. The molecule has 0 bridgehead atoms. The van der Waals surface area contributed by atoms with Crippen LogP contribution in [0.25, 0.3) is 0 Å². The summed E-state index contributed by atoms with van der Waals surface area (Å²) < 4.78 is 0. The number of unbranched alkanes of at least 4 members (excludes halogenated alkanes) is 3. The Hall–Kier alpha value is -3.42. The van der Waals surface area contributed by atoms with Gasteiger partial charge in [-0.2, -0.15) is 0 Å². The van der Waals surface area contributed by atoms with Crippen LogP contribution in [0, 0.1) is 0 Å². The molecule has 0 aliphatic carbocycles. The van der Waals surface area contributed by atoms with Crippen LogP contribution in [0.2, 0.25) is 5.02 Å². The van der Waals surface area contributed by atoms with Crippen LogP contribution >= 0.6 is 11.6 Å². The van der Waals surface area contributed by atoms with Crippen LogP contribution in [0.15, 0.2) is 83.5 Å². The van der Waals surface area contributed by atoms with Gasteiger partial charge in [-0.3, -0.25) is 19.7 Å². The zero-order valence-corrected chi connectivity index (χ0v) is 20.4. The molecule has 2 amide bonds. The van der Waals surface area contributed by atoms with E-state index in [1.165, 1.54) is 0 Å². The quantitative estimate of drug-likeness (QED) is 0.225. The average Bonchev–Trinajstić information content (AvgIpc) is 2.86. The van der Waals surface area contributed by atoms with Crippen molar-refractivity contribution < 1.29 is 14.8 Å². The molecule has 3 rings (SSSR count). The Balaban J connectivity index is 1.67. The van der Waals surface area contributed by atoms with Gasteiger partial charge in [-0.05, 0) is 43.5 Å². The number of amidine groups is 1. The number of benzene rings is 2. The van der Waals surface area contributed by atoms with Crippen molar-refractivity contribution in [2.75, 3.05) is 11.4 Å². The second-order valence-electron chi connectivity index (χ2n) is 8.15. The number of allylic oxidation sites excluding steroid dienone is 1.